The van der Waals surface area contributed by atoms with E-state index in [1.807, 2.05) is 32.6 Å². The molecule has 0 unspecified atom stereocenters. The third kappa shape index (κ3) is 3.59. The van der Waals surface area contributed by atoms with Gasteiger partial charge in [-0.3, -0.25) is 4.90 Å². The largest absolute Gasteiger partial charge is 0.444 e. The zero-order chi connectivity index (χ0) is 24.7. The molecule has 0 aliphatic carbocycles. The molecule has 5 rings (SSSR count). The first-order chi connectivity index (χ1) is 15.8. The molecule has 11 heteroatoms. The minimum Gasteiger partial charge on any atom is -0.444 e. The summed E-state index contributed by atoms with van der Waals surface area (Å²) in [6.07, 6.45) is 2.33. The van der Waals surface area contributed by atoms with Crippen LogP contribution in [0.2, 0.25) is 0 Å². The smallest absolute Gasteiger partial charge is 0.410 e. The van der Waals surface area contributed by atoms with Crippen molar-refractivity contribution >= 4 is 32.7 Å². The Labute approximate surface area is 197 Å². The van der Waals surface area contributed by atoms with Crippen molar-refractivity contribution in [3.05, 3.63) is 23.3 Å². The van der Waals surface area contributed by atoms with Gasteiger partial charge in [0.05, 0.1) is 23.5 Å². The van der Waals surface area contributed by atoms with Gasteiger partial charge in [-0.1, -0.05) is 6.92 Å². The van der Waals surface area contributed by atoms with E-state index in [9.17, 15) is 17.6 Å². The van der Waals surface area contributed by atoms with Crippen LogP contribution in [0.5, 0.6) is 0 Å². The van der Waals surface area contributed by atoms with E-state index in [-0.39, 0.29) is 52.7 Å². The number of fused-ring (bicyclic) bond motifs is 5. The number of carbonyl (C=O) groups is 1. The molecule has 4 atom stereocenters. The Balaban J connectivity index is 1.69. The molecular formula is C23H28F2N4O4S. The number of nitrogens with zero attached hydrogens (tertiary/aromatic N) is 4. The number of anilines is 1. The van der Waals surface area contributed by atoms with Gasteiger partial charge in [0.15, 0.2) is 5.82 Å². The van der Waals surface area contributed by atoms with Gasteiger partial charge in [0.1, 0.15) is 22.8 Å². The Kier molecular flexibility index (Phi) is 5.09. The molecule has 2 fully saturated rings. The predicted octanol–water partition coefficient (Wildman–Crippen LogP) is 3.46. The van der Waals surface area contributed by atoms with E-state index in [0.717, 1.165) is 25.2 Å². The molecule has 0 N–H and O–H groups in total. The first-order valence-electron chi connectivity index (χ1n) is 11.4. The molecule has 184 valence electrons. The van der Waals surface area contributed by atoms with Crippen molar-refractivity contribution in [2.24, 2.45) is 5.92 Å². The van der Waals surface area contributed by atoms with Crippen molar-refractivity contribution in [2.45, 2.75) is 75.8 Å². The normalized spacial score (nSPS) is 26.4. The van der Waals surface area contributed by atoms with E-state index >= 15 is 4.39 Å². The third-order valence-electron chi connectivity index (χ3n) is 6.96. The number of piperazine rings is 1. The summed E-state index contributed by atoms with van der Waals surface area (Å²) in [6, 6.07) is 0.0792. The standard InChI is InChI=1S/C23H28F2N4O4S/c1-11-8-13-14(24)9-15(25)18-17(13)20(27-21(26-18)34(5,31)32)28-10-12-6-7-16(19(11)28)29(12)22(30)33-23(2,3)4/h9,11-12,16,19H,6-8,10H2,1-5H3/t11-,12+,16-,19-/m0/s1. The molecule has 2 bridgehead atoms. The molecule has 3 aliphatic heterocycles. The van der Waals surface area contributed by atoms with Gasteiger partial charge in [-0.25, -0.2) is 32.0 Å². The van der Waals surface area contributed by atoms with E-state index in [1.165, 1.54) is 0 Å². The van der Waals surface area contributed by atoms with Crippen LogP contribution in [0.3, 0.4) is 0 Å². The van der Waals surface area contributed by atoms with Gasteiger partial charge in [-0.15, -0.1) is 0 Å². The average molecular weight is 495 g/mol. The molecule has 0 radical (unpaired) electrons. The lowest BCUT2D eigenvalue weighted by Gasteiger charge is -2.49. The lowest BCUT2D eigenvalue weighted by Crippen LogP contribution is -2.63. The minimum atomic E-state index is -3.86. The van der Waals surface area contributed by atoms with Crippen LogP contribution in [-0.4, -0.2) is 65.9 Å². The second-order valence-electron chi connectivity index (χ2n) is 10.7. The number of hydrogen-bond acceptors (Lipinski definition) is 7. The van der Waals surface area contributed by atoms with Crippen LogP contribution in [0, 0.1) is 17.6 Å². The fourth-order valence-electron chi connectivity index (χ4n) is 5.78. The van der Waals surface area contributed by atoms with Gasteiger partial charge in [0.25, 0.3) is 0 Å². The van der Waals surface area contributed by atoms with Crippen LogP contribution in [0.25, 0.3) is 10.9 Å². The summed E-state index contributed by atoms with van der Waals surface area (Å²) < 4.78 is 60.3. The van der Waals surface area contributed by atoms with Gasteiger partial charge >= 0.3 is 6.09 Å². The van der Waals surface area contributed by atoms with Gasteiger partial charge in [0.2, 0.25) is 15.0 Å². The van der Waals surface area contributed by atoms with E-state index < -0.39 is 38.3 Å². The first kappa shape index (κ1) is 23.2. The van der Waals surface area contributed by atoms with Gasteiger partial charge < -0.3 is 9.64 Å². The molecule has 34 heavy (non-hydrogen) atoms. The third-order valence-corrected chi connectivity index (χ3v) is 7.81. The second kappa shape index (κ2) is 7.47. The highest BCUT2D eigenvalue weighted by molar-refractivity contribution is 7.90. The number of amides is 1. The Hall–Kier alpha value is -2.56. The highest BCUT2D eigenvalue weighted by Crippen LogP contribution is 2.45. The van der Waals surface area contributed by atoms with E-state index in [2.05, 4.69) is 9.97 Å². The predicted molar refractivity (Wildman–Crippen MR) is 121 cm³/mol. The zero-order valence-corrected chi connectivity index (χ0v) is 20.6. The molecule has 1 aromatic carbocycles. The molecule has 1 amide bonds. The highest BCUT2D eigenvalue weighted by atomic mass is 32.2. The maximum atomic E-state index is 15.0. The molecule has 0 saturated carbocycles. The van der Waals surface area contributed by atoms with Crippen LogP contribution in [0.1, 0.15) is 46.1 Å². The molecule has 2 aromatic rings. The SMILES string of the molecule is C[C@H]1Cc2c(F)cc(F)c3nc(S(C)(=O)=O)nc(c23)N2C[C@H]3CC[C@@H]([C@H]12)N3C(=O)OC(C)(C)C. The first-order valence-corrected chi connectivity index (χ1v) is 13.3. The summed E-state index contributed by atoms with van der Waals surface area (Å²) in [5.74, 6) is -1.55. The van der Waals surface area contributed by atoms with Crippen molar-refractivity contribution in [1.29, 1.82) is 0 Å². The van der Waals surface area contributed by atoms with E-state index in [0.29, 0.717) is 6.54 Å². The van der Waals surface area contributed by atoms with Crippen LogP contribution < -0.4 is 4.90 Å². The fourth-order valence-corrected chi connectivity index (χ4v) is 6.29. The molecular weight excluding hydrogens is 466 g/mol. The molecule has 2 saturated heterocycles. The number of sulfone groups is 1. The monoisotopic (exact) mass is 494 g/mol. The second-order valence-corrected chi connectivity index (χ2v) is 12.6. The summed E-state index contributed by atoms with van der Waals surface area (Å²) in [6.45, 7) is 7.77. The number of carbonyl (C=O) groups excluding carboxylic acids is 1. The van der Waals surface area contributed by atoms with E-state index in [4.69, 9.17) is 4.74 Å². The van der Waals surface area contributed by atoms with Crippen LogP contribution >= 0.6 is 0 Å². The maximum Gasteiger partial charge on any atom is 0.410 e. The molecule has 3 aliphatic rings. The van der Waals surface area contributed by atoms with E-state index in [1.54, 1.807) is 4.90 Å². The number of aromatic nitrogens is 2. The van der Waals surface area contributed by atoms with Crippen molar-refractivity contribution in [1.82, 2.24) is 14.9 Å². The van der Waals surface area contributed by atoms with Gasteiger partial charge in [-0.05, 0) is 46.0 Å². The Morgan fingerprint density at radius 1 is 1.18 bits per heavy atom. The number of hydrogen-bond donors (Lipinski definition) is 0. The van der Waals surface area contributed by atoms with Crippen LogP contribution in [-0.2, 0) is 21.0 Å². The molecule has 0 spiro atoms. The Morgan fingerprint density at radius 3 is 2.53 bits per heavy atom. The fraction of sp³-hybridized carbons (Fsp3) is 0.609. The van der Waals surface area contributed by atoms with Crippen molar-refractivity contribution in [3.63, 3.8) is 0 Å². The molecule has 4 heterocycles. The van der Waals surface area contributed by atoms with Crippen LogP contribution in [0.4, 0.5) is 19.4 Å². The number of halogens is 2. The quantitative estimate of drug-likeness (QED) is 0.561. The molecule has 1 aromatic heterocycles. The summed E-state index contributed by atoms with van der Waals surface area (Å²) >= 11 is 0. The lowest BCUT2D eigenvalue weighted by molar-refractivity contribution is 0.00491. The number of ether oxygens (including phenoxy) is 1. The van der Waals surface area contributed by atoms with Crippen LogP contribution in [0.15, 0.2) is 11.2 Å². The van der Waals surface area contributed by atoms with Gasteiger partial charge in [-0.2, -0.15) is 0 Å². The Morgan fingerprint density at radius 2 is 1.88 bits per heavy atom. The highest BCUT2D eigenvalue weighted by Gasteiger charge is 2.53. The van der Waals surface area contributed by atoms with Crippen molar-refractivity contribution < 1.29 is 26.7 Å². The number of benzene rings is 1. The topological polar surface area (TPSA) is 92.7 Å². The number of rotatable bonds is 1. The summed E-state index contributed by atoms with van der Waals surface area (Å²) in [5, 5.41) is -0.286. The summed E-state index contributed by atoms with van der Waals surface area (Å²) in [4.78, 5) is 25.2. The Bertz CT molecular complexity index is 1310. The summed E-state index contributed by atoms with van der Waals surface area (Å²) in [7, 11) is -3.86. The maximum absolute atomic E-state index is 15.0. The van der Waals surface area contributed by atoms with Crippen molar-refractivity contribution in [3.8, 4) is 0 Å². The average Bonchev–Trinajstić information content (AvgIpc) is 2.94. The minimum absolute atomic E-state index is 0.131. The summed E-state index contributed by atoms with van der Waals surface area (Å²) in [5.41, 5.74) is -0.576. The van der Waals surface area contributed by atoms with Crippen molar-refractivity contribution in [2.75, 3.05) is 17.7 Å². The van der Waals surface area contributed by atoms with Gasteiger partial charge in [0, 0.05) is 24.4 Å². The zero-order valence-electron chi connectivity index (χ0n) is 19.8. The molecule has 8 nitrogen and oxygen atoms in total. The lowest BCUT2D eigenvalue weighted by atomic mass is 9.87.